The first kappa shape index (κ1) is 17.1. The average Bonchev–Trinajstić information content (AvgIpc) is 2.47. The molecule has 0 saturated carbocycles. The summed E-state index contributed by atoms with van der Waals surface area (Å²) < 4.78 is 12.1. The predicted molar refractivity (Wildman–Crippen MR) is 84.9 cm³/mol. The van der Waals surface area contributed by atoms with Crippen LogP contribution in [0.1, 0.15) is 32.3 Å². The van der Waals surface area contributed by atoms with Crippen molar-refractivity contribution >= 4 is 22.0 Å². The third kappa shape index (κ3) is 5.13. The zero-order valence-corrected chi connectivity index (χ0v) is 13.7. The number of ether oxygens (including phenoxy) is 2. The second-order valence-electron chi connectivity index (χ2n) is 4.25. The van der Waals surface area contributed by atoms with Gasteiger partial charge in [-0.1, -0.05) is 13.3 Å². The Kier molecular flexibility index (Phi) is 7.36. The van der Waals surface area contributed by atoms with Crippen LogP contribution in [0.15, 0.2) is 22.2 Å². The van der Waals surface area contributed by atoms with Gasteiger partial charge in [0, 0.05) is 0 Å². The lowest BCUT2D eigenvalue weighted by atomic mass is 10.1. The van der Waals surface area contributed by atoms with Gasteiger partial charge in [-0.05, 0) is 53.0 Å². The fourth-order valence-electron chi connectivity index (χ4n) is 1.65. The molecule has 0 saturated heterocycles. The summed E-state index contributed by atoms with van der Waals surface area (Å²) >= 11 is 3.45. The molecule has 0 aromatic heterocycles. The van der Waals surface area contributed by atoms with Crippen LogP contribution in [0.4, 0.5) is 0 Å². The van der Waals surface area contributed by atoms with E-state index < -0.39 is 0 Å². The van der Waals surface area contributed by atoms with E-state index in [-0.39, 0.29) is 5.57 Å². The van der Waals surface area contributed by atoms with Gasteiger partial charge in [0.15, 0.2) is 11.5 Å². The Bertz CT molecular complexity index is 582. The maximum atomic E-state index is 8.82. The van der Waals surface area contributed by atoms with Crippen LogP contribution in [0.2, 0.25) is 0 Å². The fourth-order valence-corrected chi connectivity index (χ4v) is 2.22. The maximum Gasteiger partial charge on any atom is 0.175 e. The summed E-state index contributed by atoms with van der Waals surface area (Å²) in [5.74, 6) is 1.25. The first-order chi connectivity index (χ1) is 10.2. The van der Waals surface area contributed by atoms with Crippen molar-refractivity contribution in [2.75, 3.05) is 13.2 Å². The third-order valence-electron chi connectivity index (χ3n) is 2.63. The molecule has 0 fully saturated rings. The van der Waals surface area contributed by atoms with Gasteiger partial charge in [0.2, 0.25) is 0 Å². The van der Waals surface area contributed by atoms with E-state index in [1.54, 1.807) is 12.1 Å². The van der Waals surface area contributed by atoms with Crippen LogP contribution in [-0.4, -0.2) is 13.2 Å². The Morgan fingerprint density at radius 1 is 1.24 bits per heavy atom. The molecule has 1 aromatic carbocycles. The predicted octanol–water partition coefficient (Wildman–Crippen LogP) is 4.46. The average molecular weight is 349 g/mol. The highest BCUT2D eigenvalue weighted by Crippen LogP contribution is 2.37. The molecule has 0 unspecified atom stereocenters. The van der Waals surface area contributed by atoms with Crippen LogP contribution in [0, 0.1) is 22.7 Å². The molecule has 5 heteroatoms. The number of hydrogen-bond acceptors (Lipinski definition) is 4. The smallest absolute Gasteiger partial charge is 0.175 e. The van der Waals surface area contributed by atoms with Crippen molar-refractivity contribution in [3.63, 3.8) is 0 Å². The molecule has 21 heavy (non-hydrogen) atoms. The monoisotopic (exact) mass is 348 g/mol. The second kappa shape index (κ2) is 9.05. The summed E-state index contributed by atoms with van der Waals surface area (Å²) in [7, 11) is 0. The van der Waals surface area contributed by atoms with Gasteiger partial charge in [-0.2, -0.15) is 10.5 Å². The van der Waals surface area contributed by atoms with Crippen LogP contribution in [0.25, 0.3) is 6.08 Å². The fraction of sp³-hybridized carbons (Fsp3) is 0.375. The normalized spacial score (nSPS) is 9.38. The molecule has 0 aliphatic rings. The minimum absolute atomic E-state index is 0.0454. The van der Waals surface area contributed by atoms with Crippen LogP contribution in [0.3, 0.4) is 0 Å². The number of allylic oxidation sites excluding steroid dienone is 1. The van der Waals surface area contributed by atoms with Crippen LogP contribution >= 0.6 is 15.9 Å². The van der Waals surface area contributed by atoms with Crippen molar-refractivity contribution < 1.29 is 9.47 Å². The lowest BCUT2D eigenvalue weighted by Gasteiger charge is -2.14. The van der Waals surface area contributed by atoms with Gasteiger partial charge in [-0.15, -0.1) is 0 Å². The molecule has 0 amide bonds. The van der Waals surface area contributed by atoms with Crippen LogP contribution in [0.5, 0.6) is 11.5 Å². The van der Waals surface area contributed by atoms with Crippen LogP contribution in [-0.2, 0) is 0 Å². The SMILES string of the molecule is CCCCOc1c(Br)cc(C=C(C#N)C#N)cc1OCC. The van der Waals surface area contributed by atoms with Gasteiger partial charge in [0.1, 0.15) is 17.7 Å². The molecule has 0 bridgehead atoms. The number of halogens is 1. The highest BCUT2D eigenvalue weighted by Gasteiger charge is 2.12. The summed E-state index contributed by atoms with van der Waals surface area (Å²) in [6.07, 6.45) is 3.53. The summed E-state index contributed by atoms with van der Waals surface area (Å²) in [5, 5.41) is 17.6. The van der Waals surface area contributed by atoms with Crippen molar-refractivity contribution in [1.82, 2.24) is 0 Å². The topological polar surface area (TPSA) is 66.0 Å². The minimum Gasteiger partial charge on any atom is -0.490 e. The van der Waals surface area contributed by atoms with Crippen molar-refractivity contribution in [2.24, 2.45) is 0 Å². The number of hydrogen-bond donors (Lipinski definition) is 0. The van der Waals surface area contributed by atoms with E-state index in [1.165, 1.54) is 6.08 Å². The molecule has 0 atom stereocenters. The number of unbranched alkanes of at least 4 members (excludes halogenated alkanes) is 1. The molecule has 0 spiro atoms. The Labute approximate surface area is 133 Å². The van der Waals surface area contributed by atoms with Crippen molar-refractivity contribution in [2.45, 2.75) is 26.7 Å². The first-order valence-corrected chi connectivity index (χ1v) is 7.56. The minimum atomic E-state index is 0.0454. The summed E-state index contributed by atoms with van der Waals surface area (Å²) in [6.45, 7) is 5.11. The zero-order valence-electron chi connectivity index (χ0n) is 12.1. The third-order valence-corrected chi connectivity index (χ3v) is 3.22. The Morgan fingerprint density at radius 2 is 1.95 bits per heavy atom. The molecule has 4 nitrogen and oxygen atoms in total. The largest absolute Gasteiger partial charge is 0.490 e. The lowest BCUT2D eigenvalue weighted by Crippen LogP contribution is -2.02. The lowest BCUT2D eigenvalue weighted by molar-refractivity contribution is 0.271. The summed E-state index contributed by atoms with van der Waals surface area (Å²) in [4.78, 5) is 0. The highest BCUT2D eigenvalue weighted by molar-refractivity contribution is 9.10. The van der Waals surface area contributed by atoms with E-state index in [1.807, 2.05) is 19.1 Å². The Morgan fingerprint density at radius 3 is 2.52 bits per heavy atom. The van der Waals surface area contributed by atoms with E-state index >= 15 is 0 Å². The van der Waals surface area contributed by atoms with E-state index in [2.05, 4.69) is 22.9 Å². The van der Waals surface area contributed by atoms with Gasteiger partial charge in [0.25, 0.3) is 0 Å². The van der Waals surface area contributed by atoms with E-state index in [0.717, 1.165) is 17.3 Å². The molecule has 0 heterocycles. The van der Waals surface area contributed by atoms with E-state index in [0.29, 0.717) is 30.3 Å². The molecule has 0 radical (unpaired) electrons. The standard InChI is InChI=1S/C16H17BrN2O2/c1-3-5-6-21-16-14(17)8-12(7-13(10-18)11-19)9-15(16)20-4-2/h7-9H,3-6H2,1-2H3. The number of rotatable bonds is 7. The zero-order chi connectivity index (χ0) is 15.7. The molecular weight excluding hydrogens is 332 g/mol. The quantitative estimate of drug-likeness (QED) is 0.539. The second-order valence-corrected chi connectivity index (χ2v) is 5.10. The molecule has 1 rings (SSSR count). The van der Waals surface area contributed by atoms with Gasteiger partial charge < -0.3 is 9.47 Å². The van der Waals surface area contributed by atoms with Crippen molar-refractivity contribution in [1.29, 1.82) is 10.5 Å². The molecule has 0 N–H and O–H groups in total. The highest BCUT2D eigenvalue weighted by atomic mass is 79.9. The van der Waals surface area contributed by atoms with Gasteiger partial charge >= 0.3 is 0 Å². The van der Waals surface area contributed by atoms with E-state index in [4.69, 9.17) is 20.0 Å². The molecular formula is C16H17BrN2O2. The molecule has 1 aromatic rings. The number of nitriles is 2. The van der Waals surface area contributed by atoms with Gasteiger partial charge in [-0.3, -0.25) is 0 Å². The molecule has 0 aliphatic heterocycles. The van der Waals surface area contributed by atoms with E-state index in [9.17, 15) is 0 Å². The maximum absolute atomic E-state index is 8.82. The summed E-state index contributed by atoms with van der Waals surface area (Å²) in [6, 6.07) is 7.25. The summed E-state index contributed by atoms with van der Waals surface area (Å²) in [5.41, 5.74) is 0.760. The molecule has 0 aliphatic carbocycles. The first-order valence-electron chi connectivity index (χ1n) is 6.77. The van der Waals surface area contributed by atoms with Crippen molar-refractivity contribution in [3.05, 3.63) is 27.7 Å². The Balaban J connectivity index is 3.15. The molecule has 110 valence electrons. The van der Waals surface area contributed by atoms with Crippen molar-refractivity contribution in [3.8, 4) is 23.6 Å². The Hall–Kier alpha value is -1.98. The van der Waals surface area contributed by atoms with Crippen LogP contribution < -0.4 is 9.47 Å². The number of nitrogens with zero attached hydrogens (tertiary/aromatic N) is 2. The number of benzene rings is 1. The van der Waals surface area contributed by atoms with Gasteiger partial charge in [0.05, 0.1) is 17.7 Å². The van der Waals surface area contributed by atoms with Gasteiger partial charge in [-0.25, -0.2) is 0 Å².